The molecule has 3 fully saturated rings. The number of nitrogens with zero attached hydrogens (tertiary/aromatic N) is 3. The first kappa shape index (κ1) is 15.6. The second-order valence-corrected chi connectivity index (χ2v) is 7.51. The third-order valence-corrected chi connectivity index (χ3v) is 5.83. The van der Waals surface area contributed by atoms with Crippen LogP contribution in [-0.4, -0.2) is 51.3 Å². The third kappa shape index (κ3) is 2.33. The molecule has 5 nitrogen and oxygen atoms in total. The molecule has 2 amide bonds. The molecule has 0 aromatic carbocycles. The standard InChI is InChI=1S/C19H25N3O2/c1-13-5-8-16(14(2)20-13)17(23)22-12-4-10-19(22)9-3-11-21(18(19)24)15-6-7-15/h5,8,15H,3-4,6-7,9-12H2,1-2H3. The van der Waals surface area contributed by atoms with E-state index in [1.165, 1.54) is 0 Å². The number of likely N-dealkylation sites (tertiary alicyclic amines) is 2. The smallest absolute Gasteiger partial charge is 0.256 e. The third-order valence-electron chi connectivity index (χ3n) is 5.83. The van der Waals surface area contributed by atoms with Gasteiger partial charge in [-0.15, -0.1) is 0 Å². The van der Waals surface area contributed by atoms with Gasteiger partial charge in [0.2, 0.25) is 5.91 Å². The van der Waals surface area contributed by atoms with E-state index in [2.05, 4.69) is 9.88 Å². The summed E-state index contributed by atoms with van der Waals surface area (Å²) in [6.45, 7) is 5.34. The van der Waals surface area contributed by atoms with Crippen molar-refractivity contribution in [2.45, 2.75) is 64.0 Å². The average Bonchev–Trinajstić information content (AvgIpc) is 3.30. The molecular weight excluding hydrogens is 302 g/mol. The van der Waals surface area contributed by atoms with Gasteiger partial charge in [-0.05, 0) is 64.5 Å². The lowest BCUT2D eigenvalue weighted by Crippen LogP contribution is -2.61. The zero-order valence-corrected chi connectivity index (χ0v) is 14.5. The van der Waals surface area contributed by atoms with E-state index in [0.29, 0.717) is 18.2 Å². The molecule has 3 aliphatic rings. The number of hydrogen-bond donors (Lipinski definition) is 0. The summed E-state index contributed by atoms with van der Waals surface area (Å²) in [5.41, 5.74) is 1.70. The predicted molar refractivity (Wildman–Crippen MR) is 90.7 cm³/mol. The van der Waals surface area contributed by atoms with Crippen LogP contribution >= 0.6 is 0 Å². The van der Waals surface area contributed by atoms with Crippen LogP contribution in [0.1, 0.15) is 60.3 Å². The molecule has 1 aromatic rings. The van der Waals surface area contributed by atoms with Crippen LogP contribution < -0.4 is 0 Å². The van der Waals surface area contributed by atoms with E-state index in [1.54, 1.807) is 0 Å². The summed E-state index contributed by atoms with van der Waals surface area (Å²) in [6, 6.07) is 4.16. The quantitative estimate of drug-likeness (QED) is 0.838. The summed E-state index contributed by atoms with van der Waals surface area (Å²) in [6.07, 6.45) is 5.76. The summed E-state index contributed by atoms with van der Waals surface area (Å²) >= 11 is 0. The molecule has 0 N–H and O–H groups in total. The van der Waals surface area contributed by atoms with Gasteiger partial charge in [-0.25, -0.2) is 0 Å². The van der Waals surface area contributed by atoms with Gasteiger partial charge in [0, 0.05) is 24.8 Å². The van der Waals surface area contributed by atoms with E-state index < -0.39 is 5.54 Å². The predicted octanol–water partition coefficient (Wildman–Crippen LogP) is 2.46. The minimum Gasteiger partial charge on any atom is -0.338 e. The fourth-order valence-corrected chi connectivity index (χ4v) is 4.47. The van der Waals surface area contributed by atoms with Crippen LogP contribution in [-0.2, 0) is 4.79 Å². The van der Waals surface area contributed by atoms with Gasteiger partial charge >= 0.3 is 0 Å². The van der Waals surface area contributed by atoms with Gasteiger partial charge in [0.15, 0.2) is 0 Å². The molecule has 3 heterocycles. The zero-order chi connectivity index (χ0) is 16.9. The van der Waals surface area contributed by atoms with Crippen molar-refractivity contribution >= 4 is 11.8 Å². The van der Waals surface area contributed by atoms with Crippen LogP contribution in [0.4, 0.5) is 0 Å². The molecule has 1 unspecified atom stereocenters. The number of pyridine rings is 1. The van der Waals surface area contributed by atoms with E-state index in [-0.39, 0.29) is 11.8 Å². The van der Waals surface area contributed by atoms with Crippen LogP contribution in [0.25, 0.3) is 0 Å². The summed E-state index contributed by atoms with van der Waals surface area (Å²) in [4.78, 5) is 34.8. The van der Waals surface area contributed by atoms with Crippen LogP contribution in [0.2, 0.25) is 0 Å². The molecule has 1 aromatic heterocycles. The topological polar surface area (TPSA) is 53.5 Å². The summed E-state index contributed by atoms with van der Waals surface area (Å²) in [7, 11) is 0. The molecule has 4 rings (SSSR count). The normalized spacial score (nSPS) is 27.2. The van der Waals surface area contributed by atoms with Crippen molar-refractivity contribution in [3.8, 4) is 0 Å². The summed E-state index contributed by atoms with van der Waals surface area (Å²) < 4.78 is 0. The number of aryl methyl sites for hydroxylation is 2. The Balaban J connectivity index is 1.66. The number of rotatable bonds is 2. The first-order valence-corrected chi connectivity index (χ1v) is 9.10. The van der Waals surface area contributed by atoms with Crippen molar-refractivity contribution in [2.75, 3.05) is 13.1 Å². The Labute approximate surface area is 143 Å². The molecule has 1 saturated carbocycles. The zero-order valence-electron chi connectivity index (χ0n) is 14.5. The molecule has 2 aliphatic heterocycles. The molecule has 24 heavy (non-hydrogen) atoms. The van der Waals surface area contributed by atoms with Gasteiger partial charge in [0.05, 0.1) is 11.3 Å². The van der Waals surface area contributed by atoms with Crippen LogP contribution in [0.3, 0.4) is 0 Å². The lowest BCUT2D eigenvalue weighted by Gasteiger charge is -2.44. The van der Waals surface area contributed by atoms with Crippen LogP contribution in [0.5, 0.6) is 0 Å². The fourth-order valence-electron chi connectivity index (χ4n) is 4.47. The van der Waals surface area contributed by atoms with E-state index in [1.807, 2.05) is 30.9 Å². The monoisotopic (exact) mass is 327 g/mol. The van der Waals surface area contributed by atoms with Crippen molar-refractivity contribution < 1.29 is 9.59 Å². The lowest BCUT2D eigenvalue weighted by atomic mass is 9.85. The summed E-state index contributed by atoms with van der Waals surface area (Å²) in [5.74, 6) is 0.170. The number of hydrogen-bond acceptors (Lipinski definition) is 3. The molecule has 1 spiro atoms. The van der Waals surface area contributed by atoms with E-state index in [4.69, 9.17) is 0 Å². The van der Waals surface area contributed by atoms with E-state index >= 15 is 0 Å². The molecule has 5 heteroatoms. The van der Waals surface area contributed by atoms with Crippen molar-refractivity contribution in [3.63, 3.8) is 0 Å². The number of carbonyl (C=O) groups is 2. The highest BCUT2D eigenvalue weighted by atomic mass is 16.2. The maximum absolute atomic E-state index is 13.2. The van der Waals surface area contributed by atoms with Gasteiger partial charge in [-0.1, -0.05) is 0 Å². The molecule has 0 bridgehead atoms. The maximum atomic E-state index is 13.2. The van der Waals surface area contributed by atoms with Crippen LogP contribution in [0, 0.1) is 13.8 Å². The molecular formula is C19H25N3O2. The SMILES string of the molecule is Cc1ccc(C(=O)N2CCCC23CCCN(C2CC2)C3=O)c(C)n1. The summed E-state index contributed by atoms with van der Waals surface area (Å²) in [5, 5.41) is 0. The number of carbonyl (C=O) groups excluding carboxylic acids is 2. The Hall–Kier alpha value is -1.91. The minimum atomic E-state index is -0.602. The Kier molecular flexibility index (Phi) is 3.62. The number of piperidine rings is 1. The minimum absolute atomic E-state index is 0.0245. The second kappa shape index (κ2) is 5.57. The van der Waals surface area contributed by atoms with Crippen molar-refractivity contribution in [2.24, 2.45) is 0 Å². The van der Waals surface area contributed by atoms with Crippen molar-refractivity contribution in [1.29, 1.82) is 0 Å². The van der Waals surface area contributed by atoms with Gasteiger partial charge in [0.25, 0.3) is 5.91 Å². The van der Waals surface area contributed by atoms with Gasteiger partial charge in [0.1, 0.15) is 5.54 Å². The Morgan fingerprint density at radius 1 is 1.17 bits per heavy atom. The highest BCUT2D eigenvalue weighted by Gasteiger charge is 2.54. The largest absolute Gasteiger partial charge is 0.338 e. The average molecular weight is 327 g/mol. The van der Waals surface area contributed by atoms with Gasteiger partial charge < -0.3 is 9.80 Å². The molecule has 2 saturated heterocycles. The highest BCUT2D eigenvalue weighted by molar-refractivity contribution is 6.00. The van der Waals surface area contributed by atoms with E-state index in [9.17, 15) is 9.59 Å². The van der Waals surface area contributed by atoms with Gasteiger partial charge in [-0.3, -0.25) is 14.6 Å². The van der Waals surface area contributed by atoms with Gasteiger partial charge in [-0.2, -0.15) is 0 Å². The molecule has 0 radical (unpaired) electrons. The Morgan fingerprint density at radius 3 is 2.54 bits per heavy atom. The van der Waals surface area contributed by atoms with Crippen molar-refractivity contribution in [3.05, 3.63) is 29.1 Å². The van der Waals surface area contributed by atoms with E-state index in [0.717, 1.165) is 56.5 Å². The lowest BCUT2D eigenvalue weighted by molar-refractivity contribution is -0.146. The fraction of sp³-hybridized carbons (Fsp3) is 0.632. The van der Waals surface area contributed by atoms with Crippen molar-refractivity contribution in [1.82, 2.24) is 14.8 Å². The molecule has 128 valence electrons. The second-order valence-electron chi connectivity index (χ2n) is 7.51. The number of aromatic nitrogens is 1. The van der Waals surface area contributed by atoms with Crippen LogP contribution in [0.15, 0.2) is 12.1 Å². The Morgan fingerprint density at radius 2 is 1.88 bits per heavy atom. The Bertz CT molecular complexity index is 698. The first-order valence-electron chi connectivity index (χ1n) is 9.10. The maximum Gasteiger partial charge on any atom is 0.256 e. The first-order chi connectivity index (χ1) is 11.5. The highest BCUT2D eigenvalue weighted by Crippen LogP contribution is 2.42. The molecule has 1 atom stereocenters. The molecule has 1 aliphatic carbocycles. The number of amides is 2.